The summed E-state index contributed by atoms with van der Waals surface area (Å²) in [6.07, 6.45) is 3.99. The lowest BCUT2D eigenvalue weighted by Gasteiger charge is -2.27. The monoisotopic (exact) mass is 256 g/mol. The molecule has 6 nitrogen and oxygen atoms in total. The number of aromatic carboxylic acids is 1. The van der Waals surface area contributed by atoms with E-state index in [1.807, 2.05) is 0 Å². The number of sulfonamides is 1. The van der Waals surface area contributed by atoms with Crippen LogP contribution in [-0.2, 0) is 10.0 Å². The summed E-state index contributed by atoms with van der Waals surface area (Å²) in [5, 5.41) is 8.83. The highest BCUT2D eigenvalue weighted by atomic mass is 32.2. The number of carbonyl (C=O) groups is 1. The lowest BCUT2D eigenvalue weighted by atomic mass is 10.2. The Balaban J connectivity index is 2.39. The molecule has 0 radical (unpaired) electrons. The highest BCUT2D eigenvalue weighted by molar-refractivity contribution is 7.92. The molecule has 1 N–H and O–H groups in total. The van der Waals surface area contributed by atoms with Crippen LogP contribution in [0.25, 0.3) is 0 Å². The summed E-state index contributed by atoms with van der Waals surface area (Å²) >= 11 is 0. The highest BCUT2D eigenvalue weighted by Crippen LogP contribution is 2.23. The lowest BCUT2D eigenvalue weighted by molar-refractivity contribution is 0.0696. The Labute approximate surface area is 98.9 Å². The van der Waals surface area contributed by atoms with Crippen LogP contribution in [0, 0.1) is 0 Å². The minimum absolute atomic E-state index is 0.0109. The Morgan fingerprint density at radius 1 is 1.35 bits per heavy atom. The zero-order valence-electron chi connectivity index (χ0n) is 9.04. The molecule has 0 atom stereocenters. The second-order valence-electron chi connectivity index (χ2n) is 3.83. The minimum Gasteiger partial charge on any atom is -0.478 e. The summed E-state index contributed by atoms with van der Waals surface area (Å²) in [5.41, 5.74) is 0.313. The van der Waals surface area contributed by atoms with Crippen molar-refractivity contribution in [2.45, 2.75) is 12.8 Å². The normalized spacial score (nSPS) is 18.9. The Bertz CT molecular complexity index is 541. The van der Waals surface area contributed by atoms with Crippen LogP contribution in [0.1, 0.15) is 23.2 Å². The van der Waals surface area contributed by atoms with Gasteiger partial charge in [-0.15, -0.1) is 0 Å². The van der Waals surface area contributed by atoms with E-state index in [1.165, 1.54) is 22.8 Å². The van der Waals surface area contributed by atoms with Crippen molar-refractivity contribution >= 4 is 21.7 Å². The van der Waals surface area contributed by atoms with Crippen LogP contribution >= 0.6 is 0 Å². The van der Waals surface area contributed by atoms with E-state index >= 15 is 0 Å². The van der Waals surface area contributed by atoms with E-state index in [0.717, 1.165) is 6.42 Å². The maximum atomic E-state index is 11.8. The molecule has 92 valence electrons. The molecule has 1 aliphatic heterocycles. The van der Waals surface area contributed by atoms with Gasteiger partial charge in [-0.05, 0) is 18.9 Å². The van der Waals surface area contributed by atoms with E-state index < -0.39 is 16.0 Å². The molecule has 0 aromatic carbocycles. The van der Waals surface area contributed by atoms with Crippen molar-refractivity contribution in [2.24, 2.45) is 0 Å². The Kier molecular flexibility index (Phi) is 3.01. The minimum atomic E-state index is -3.32. The highest BCUT2D eigenvalue weighted by Gasteiger charge is 2.26. The molecule has 1 aromatic rings. The molecule has 7 heteroatoms. The Morgan fingerprint density at radius 2 is 2.12 bits per heavy atom. The summed E-state index contributed by atoms with van der Waals surface area (Å²) in [5.74, 6) is -1.02. The fraction of sp³-hybridized carbons (Fsp3) is 0.400. The van der Waals surface area contributed by atoms with Crippen LogP contribution in [0.3, 0.4) is 0 Å². The largest absolute Gasteiger partial charge is 0.478 e. The predicted octanol–water partition coefficient (Wildman–Crippen LogP) is 0.710. The molecule has 1 saturated heterocycles. The third-order valence-electron chi connectivity index (χ3n) is 2.61. The standard InChI is InChI=1S/C10H12N2O4S/c13-10(14)8-5-9(7-11-6-8)12-3-1-2-4-17(12,15)16/h5-7H,1-4H2,(H,13,14). The first-order chi connectivity index (χ1) is 8.00. The zero-order chi connectivity index (χ0) is 12.5. The van der Waals surface area contributed by atoms with E-state index in [-0.39, 0.29) is 11.3 Å². The Morgan fingerprint density at radius 3 is 2.76 bits per heavy atom. The van der Waals surface area contributed by atoms with E-state index in [9.17, 15) is 13.2 Å². The number of carboxylic acid groups (broad SMARTS) is 1. The first kappa shape index (κ1) is 11.8. The average Bonchev–Trinajstić information content (AvgIpc) is 2.28. The van der Waals surface area contributed by atoms with Crippen LogP contribution < -0.4 is 4.31 Å². The van der Waals surface area contributed by atoms with Crippen molar-refractivity contribution in [1.82, 2.24) is 4.98 Å². The van der Waals surface area contributed by atoms with Gasteiger partial charge in [0.05, 0.1) is 23.2 Å². The topological polar surface area (TPSA) is 87.6 Å². The van der Waals surface area contributed by atoms with Crippen molar-refractivity contribution in [1.29, 1.82) is 0 Å². The maximum Gasteiger partial charge on any atom is 0.337 e. The quantitative estimate of drug-likeness (QED) is 0.842. The number of carboxylic acids is 1. The van der Waals surface area contributed by atoms with Crippen molar-refractivity contribution < 1.29 is 18.3 Å². The van der Waals surface area contributed by atoms with E-state index in [0.29, 0.717) is 18.7 Å². The third-order valence-corrected chi connectivity index (χ3v) is 4.48. The van der Waals surface area contributed by atoms with Gasteiger partial charge in [-0.2, -0.15) is 0 Å². The molecule has 1 aromatic heterocycles. The first-order valence-corrected chi connectivity index (χ1v) is 6.80. The third kappa shape index (κ3) is 2.38. The number of anilines is 1. The van der Waals surface area contributed by atoms with Crippen molar-refractivity contribution in [3.8, 4) is 0 Å². The van der Waals surface area contributed by atoms with E-state index in [1.54, 1.807) is 0 Å². The van der Waals surface area contributed by atoms with Crippen molar-refractivity contribution in [2.75, 3.05) is 16.6 Å². The average molecular weight is 256 g/mol. The van der Waals surface area contributed by atoms with Gasteiger partial charge in [-0.25, -0.2) is 13.2 Å². The van der Waals surface area contributed by atoms with Gasteiger partial charge in [0.1, 0.15) is 0 Å². The second kappa shape index (κ2) is 4.33. The summed E-state index contributed by atoms with van der Waals surface area (Å²) in [6.45, 7) is 0.382. The molecule has 0 saturated carbocycles. The molecule has 0 bridgehead atoms. The molecule has 0 spiro atoms. The van der Waals surface area contributed by atoms with Crippen LogP contribution in [0.4, 0.5) is 5.69 Å². The maximum absolute atomic E-state index is 11.8. The van der Waals surface area contributed by atoms with Crippen LogP contribution in [0.2, 0.25) is 0 Å². The molecule has 0 unspecified atom stereocenters. The van der Waals surface area contributed by atoms with Crippen LogP contribution in [0.5, 0.6) is 0 Å². The van der Waals surface area contributed by atoms with Crippen molar-refractivity contribution in [3.05, 3.63) is 24.0 Å². The van der Waals surface area contributed by atoms with Crippen molar-refractivity contribution in [3.63, 3.8) is 0 Å². The zero-order valence-corrected chi connectivity index (χ0v) is 9.85. The smallest absolute Gasteiger partial charge is 0.337 e. The molecule has 1 aliphatic rings. The fourth-order valence-corrected chi connectivity index (χ4v) is 3.38. The van der Waals surface area contributed by atoms with Gasteiger partial charge >= 0.3 is 5.97 Å². The van der Waals surface area contributed by atoms with Gasteiger partial charge in [-0.1, -0.05) is 0 Å². The van der Waals surface area contributed by atoms with Gasteiger partial charge in [0.15, 0.2) is 0 Å². The molecule has 1 fully saturated rings. The number of hydrogen-bond acceptors (Lipinski definition) is 4. The molecule has 0 aliphatic carbocycles. The van der Waals surface area contributed by atoms with Gasteiger partial charge in [-0.3, -0.25) is 9.29 Å². The molecule has 0 amide bonds. The second-order valence-corrected chi connectivity index (χ2v) is 5.85. The molecule has 17 heavy (non-hydrogen) atoms. The molecule has 2 heterocycles. The van der Waals surface area contributed by atoms with Crippen LogP contribution in [0.15, 0.2) is 18.5 Å². The summed E-state index contributed by atoms with van der Waals surface area (Å²) in [4.78, 5) is 14.5. The predicted molar refractivity (Wildman–Crippen MR) is 61.6 cm³/mol. The first-order valence-electron chi connectivity index (χ1n) is 5.19. The van der Waals surface area contributed by atoms with Gasteiger partial charge in [0.2, 0.25) is 10.0 Å². The van der Waals surface area contributed by atoms with E-state index in [4.69, 9.17) is 5.11 Å². The number of hydrogen-bond donors (Lipinski definition) is 1. The number of aromatic nitrogens is 1. The molecular weight excluding hydrogens is 244 g/mol. The Hall–Kier alpha value is -1.63. The SMILES string of the molecule is O=C(O)c1cncc(N2CCCCS2(=O)=O)c1. The fourth-order valence-electron chi connectivity index (χ4n) is 1.76. The molecule has 2 rings (SSSR count). The number of nitrogens with zero attached hydrogens (tertiary/aromatic N) is 2. The van der Waals surface area contributed by atoms with Gasteiger partial charge in [0.25, 0.3) is 0 Å². The summed E-state index contributed by atoms with van der Waals surface area (Å²) in [6, 6.07) is 1.33. The van der Waals surface area contributed by atoms with Gasteiger partial charge < -0.3 is 5.11 Å². The van der Waals surface area contributed by atoms with Gasteiger partial charge in [0, 0.05) is 12.7 Å². The molecular formula is C10H12N2O4S. The summed E-state index contributed by atoms with van der Waals surface area (Å²) in [7, 11) is -3.32. The lowest BCUT2D eigenvalue weighted by Crippen LogP contribution is -2.38. The van der Waals surface area contributed by atoms with Crippen LogP contribution in [-0.4, -0.2) is 36.8 Å². The summed E-state index contributed by atoms with van der Waals surface area (Å²) < 4.78 is 24.9. The van der Waals surface area contributed by atoms with E-state index in [2.05, 4.69) is 4.98 Å². The number of rotatable bonds is 2. The number of pyridine rings is 1.